The number of halogens is 1. The van der Waals surface area contributed by atoms with Crippen molar-refractivity contribution in [2.75, 3.05) is 0 Å². The van der Waals surface area contributed by atoms with E-state index in [2.05, 4.69) is 9.97 Å². The van der Waals surface area contributed by atoms with Crippen LogP contribution in [0.4, 0.5) is 4.39 Å². The minimum Gasteiger partial charge on any atom is -0.294 e. The van der Waals surface area contributed by atoms with E-state index in [0.29, 0.717) is 22.5 Å². The summed E-state index contributed by atoms with van der Waals surface area (Å²) in [5.74, 6) is 0.156. The second kappa shape index (κ2) is 5.05. The van der Waals surface area contributed by atoms with Crippen LogP contribution in [0, 0.1) is 12.7 Å². The van der Waals surface area contributed by atoms with Crippen LogP contribution >= 0.6 is 0 Å². The summed E-state index contributed by atoms with van der Waals surface area (Å²) < 4.78 is 13.8. The van der Waals surface area contributed by atoms with Crippen molar-refractivity contribution >= 4 is 16.6 Å². The topological polar surface area (TPSA) is 42.9 Å². The summed E-state index contributed by atoms with van der Waals surface area (Å²) in [6.45, 7) is 3.26. The highest BCUT2D eigenvalue weighted by Gasteiger charge is 2.12. The molecule has 21 heavy (non-hydrogen) atoms. The Labute approximate surface area is 121 Å². The smallest absolute Gasteiger partial charge is 0.163 e. The van der Waals surface area contributed by atoms with Crippen LogP contribution in [0.15, 0.2) is 42.6 Å². The van der Waals surface area contributed by atoms with Crippen LogP contribution in [0.25, 0.3) is 22.2 Å². The quantitative estimate of drug-likeness (QED) is 0.668. The van der Waals surface area contributed by atoms with Crippen LogP contribution in [0.5, 0.6) is 0 Å². The fourth-order valence-electron chi connectivity index (χ4n) is 2.40. The van der Waals surface area contributed by atoms with Crippen molar-refractivity contribution in [3.05, 3.63) is 59.7 Å². The van der Waals surface area contributed by atoms with Crippen LogP contribution in [0.2, 0.25) is 0 Å². The maximum atomic E-state index is 13.8. The van der Waals surface area contributed by atoms with E-state index in [1.165, 1.54) is 19.2 Å². The predicted molar refractivity (Wildman–Crippen MR) is 79.7 cm³/mol. The van der Waals surface area contributed by atoms with Gasteiger partial charge in [-0.15, -0.1) is 0 Å². The highest BCUT2D eigenvalue weighted by Crippen LogP contribution is 2.28. The molecule has 104 valence electrons. The molecule has 0 radical (unpaired) electrons. The molecule has 0 N–H and O–H groups in total. The Balaban J connectivity index is 2.24. The van der Waals surface area contributed by atoms with Gasteiger partial charge in [0.1, 0.15) is 5.82 Å². The summed E-state index contributed by atoms with van der Waals surface area (Å²) in [6.07, 6.45) is 1.53. The minimum absolute atomic E-state index is 0.0667. The molecule has 0 fully saturated rings. The monoisotopic (exact) mass is 280 g/mol. The van der Waals surface area contributed by atoms with Gasteiger partial charge in [-0.2, -0.15) is 0 Å². The molecule has 0 unspecified atom stereocenters. The molecule has 3 aromatic rings. The molecule has 1 aromatic heterocycles. The SMILES string of the molecule is CC(=O)c1cnc(-c2ccc(F)c3ccccc23)nc1C. The number of hydrogen-bond acceptors (Lipinski definition) is 3. The molecular formula is C17H13FN2O. The van der Waals surface area contributed by atoms with Crippen molar-refractivity contribution in [1.82, 2.24) is 9.97 Å². The van der Waals surface area contributed by atoms with Crippen molar-refractivity contribution < 1.29 is 9.18 Å². The number of rotatable bonds is 2. The van der Waals surface area contributed by atoms with E-state index in [0.717, 1.165) is 10.9 Å². The molecule has 2 aromatic carbocycles. The van der Waals surface area contributed by atoms with Gasteiger partial charge in [-0.05, 0) is 31.4 Å². The number of nitrogens with zero attached hydrogens (tertiary/aromatic N) is 2. The van der Waals surface area contributed by atoms with Crippen molar-refractivity contribution in [1.29, 1.82) is 0 Å². The van der Waals surface area contributed by atoms with Gasteiger partial charge in [0.15, 0.2) is 11.6 Å². The first-order valence-electron chi connectivity index (χ1n) is 6.60. The number of hydrogen-bond donors (Lipinski definition) is 0. The third-order valence-corrected chi connectivity index (χ3v) is 3.47. The summed E-state index contributed by atoms with van der Waals surface area (Å²) in [4.78, 5) is 20.1. The summed E-state index contributed by atoms with van der Waals surface area (Å²) in [5, 5.41) is 1.29. The molecule has 0 saturated carbocycles. The Hall–Kier alpha value is -2.62. The number of carbonyl (C=O) groups is 1. The Morgan fingerprint density at radius 2 is 1.81 bits per heavy atom. The van der Waals surface area contributed by atoms with Gasteiger partial charge in [0, 0.05) is 17.1 Å². The lowest BCUT2D eigenvalue weighted by Gasteiger charge is -2.08. The van der Waals surface area contributed by atoms with Gasteiger partial charge in [-0.1, -0.05) is 24.3 Å². The molecule has 0 spiro atoms. The largest absolute Gasteiger partial charge is 0.294 e. The molecule has 0 amide bonds. The highest BCUT2D eigenvalue weighted by molar-refractivity contribution is 5.97. The Morgan fingerprint density at radius 3 is 2.48 bits per heavy atom. The van der Waals surface area contributed by atoms with Crippen molar-refractivity contribution in [2.24, 2.45) is 0 Å². The number of carbonyl (C=O) groups excluding carboxylic acids is 1. The lowest BCUT2D eigenvalue weighted by Crippen LogP contribution is -2.02. The normalized spacial score (nSPS) is 10.8. The average Bonchev–Trinajstić information content (AvgIpc) is 2.47. The molecule has 0 aliphatic carbocycles. The van der Waals surface area contributed by atoms with Crippen molar-refractivity contribution in [3.8, 4) is 11.4 Å². The molecule has 0 saturated heterocycles. The van der Waals surface area contributed by atoms with E-state index < -0.39 is 0 Å². The van der Waals surface area contributed by atoms with Crippen LogP contribution in [-0.2, 0) is 0 Å². The van der Waals surface area contributed by atoms with Crippen LogP contribution in [-0.4, -0.2) is 15.8 Å². The number of aromatic nitrogens is 2. The van der Waals surface area contributed by atoms with Crippen LogP contribution in [0.1, 0.15) is 23.0 Å². The number of Topliss-reactive ketones (excluding diaryl/α,β-unsaturated/α-hetero) is 1. The van der Waals surface area contributed by atoms with Crippen molar-refractivity contribution in [2.45, 2.75) is 13.8 Å². The number of benzene rings is 2. The van der Waals surface area contributed by atoms with E-state index in [1.807, 2.05) is 12.1 Å². The summed E-state index contributed by atoms with van der Waals surface area (Å²) in [6, 6.07) is 10.3. The van der Waals surface area contributed by atoms with Gasteiger partial charge < -0.3 is 0 Å². The molecule has 0 atom stereocenters. The van der Waals surface area contributed by atoms with E-state index in [4.69, 9.17) is 0 Å². The standard InChI is InChI=1S/C17H13FN2O/c1-10-15(11(2)21)9-19-17(20-10)14-7-8-16(18)13-6-4-3-5-12(13)14/h3-9H,1-2H3. The molecule has 3 nitrogen and oxygen atoms in total. The maximum absolute atomic E-state index is 13.8. The van der Waals surface area contributed by atoms with E-state index in [-0.39, 0.29) is 11.6 Å². The Bertz CT molecular complexity index is 859. The fraction of sp³-hybridized carbons (Fsp3) is 0.118. The van der Waals surface area contributed by atoms with Gasteiger partial charge >= 0.3 is 0 Å². The second-order valence-electron chi connectivity index (χ2n) is 4.89. The number of ketones is 1. The average molecular weight is 280 g/mol. The zero-order chi connectivity index (χ0) is 15.0. The molecule has 0 aliphatic heterocycles. The highest BCUT2D eigenvalue weighted by atomic mass is 19.1. The van der Waals surface area contributed by atoms with Gasteiger partial charge in [0.05, 0.1) is 11.3 Å². The van der Waals surface area contributed by atoms with E-state index in [9.17, 15) is 9.18 Å². The Kier molecular flexibility index (Phi) is 3.22. The molecule has 3 rings (SSSR count). The van der Waals surface area contributed by atoms with Gasteiger partial charge in [-0.3, -0.25) is 4.79 Å². The molecule has 0 bridgehead atoms. The second-order valence-corrected chi connectivity index (χ2v) is 4.89. The van der Waals surface area contributed by atoms with E-state index in [1.54, 1.807) is 25.1 Å². The van der Waals surface area contributed by atoms with Crippen LogP contribution in [0.3, 0.4) is 0 Å². The van der Waals surface area contributed by atoms with Gasteiger partial charge in [0.25, 0.3) is 0 Å². The predicted octanol–water partition coefficient (Wildman–Crippen LogP) is 3.95. The third-order valence-electron chi connectivity index (χ3n) is 3.47. The van der Waals surface area contributed by atoms with Gasteiger partial charge in [-0.25, -0.2) is 14.4 Å². The first-order valence-corrected chi connectivity index (χ1v) is 6.60. The molecular weight excluding hydrogens is 267 g/mol. The Morgan fingerprint density at radius 1 is 1.10 bits per heavy atom. The fourth-order valence-corrected chi connectivity index (χ4v) is 2.40. The summed E-state index contributed by atoms with van der Waals surface area (Å²) >= 11 is 0. The minimum atomic E-state index is -0.272. The zero-order valence-corrected chi connectivity index (χ0v) is 11.7. The lowest BCUT2D eigenvalue weighted by atomic mass is 10.0. The summed E-state index contributed by atoms with van der Waals surface area (Å²) in [5.41, 5.74) is 1.89. The first kappa shape index (κ1) is 13.4. The lowest BCUT2D eigenvalue weighted by molar-refractivity contribution is 0.101. The van der Waals surface area contributed by atoms with Crippen LogP contribution < -0.4 is 0 Å². The molecule has 1 heterocycles. The summed E-state index contributed by atoms with van der Waals surface area (Å²) in [7, 11) is 0. The molecule has 4 heteroatoms. The third kappa shape index (κ3) is 2.29. The zero-order valence-electron chi connectivity index (χ0n) is 11.7. The van der Waals surface area contributed by atoms with Gasteiger partial charge in [0.2, 0.25) is 0 Å². The number of fused-ring (bicyclic) bond motifs is 1. The van der Waals surface area contributed by atoms with E-state index >= 15 is 0 Å². The maximum Gasteiger partial charge on any atom is 0.163 e. The number of aryl methyl sites for hydroxylation is 1. The molecule has 0 aliphatic rings. The van der Waals surface area contributed by atoms with Crippen molar-refractivity contribution in [3.63, 3.8) is 0 Å². The first-order chi connectivity index (χ1) is 10.1.